The second-order valence-electron chi connectivity index (χ2n) is 6.41. The third-order valence-electron chi connectivity index (χ3n) is 4.63. The zero-order valence-corrected chi connectivity index (χ0v) is 16.0. The molecule has 0 saturated carbocycles. The summed E-state index contributed by atoms with van der Waals surface area (Å²) < 4.78 is 24.4. The largest absolute Gasteiger partial charge is 0.377 e. The predicted octanol–water partition coefficient (Wildman–Crippen LogP) is 4.79. The van der Waals surface area contributed by atoms with Crippen LogP contribution in [0.2, 0.25) is 5.02 Å². The Morgan fingerprint density at radius 1 is 1.37 bits per heavy atom. The number of benzene rings is 2. The highest BCUT2D eigenvalue weighted by molar-refractivity contribution is 6.30. The lowest BCUT2D eigenvalue weighted by atomic mass is 10.1. The van der Waals surface area contributed by atoms with Gasteiger partial charge in [0.15, 0.2) is 0 Å². The fourth-order valence-electron chi connectivity index (χ4n) is 2.96. The van der Waals surface area contributed by atoms with Crippen molar-refractivity contribution in [3.63, 3.8) is 0 Å². The second-order valence-corrected chi connectivity index (χ2v) is 6.82. The second kappa shape index (κ2) is 8.69. The van der Waals surface area contributed by atoms with Crippen LogP contribution in [0, 0.1) is 5.82 Å². The van der Waals surface area contributed by atoms with E-state index in [2.05, 4.69) is 5.32 Å². The Morgan fingerprint density at radius 3 is 2.93 bits per heavy atom. The van der Waals surface area contributed by atoms with Crippen molar-refractivity contribution in [3.8, 4) is 0 Å². The average molecular weight is 393 g/mol. The zero-order chi connectivity index (χ0) is 19.4. The summed E-state index contributed by atoms with van der Waals surface area (Å²) in [5.74, 6) is -0.476. The van der Waals surface area contributed by atoms with Gasteiger partial charge in [0.05, 0.1) is 24.3 Å². The van der Waals surface area contributed by atoms with E-state index in [1.165, 1.54) is 6.07 Å². The molecule has 5 nitrogen and oxygen atoms in total. The molecule has 2 aromatic carbocycles. The third-order valence-corrected chi connectivity index (χ3v) is 4.92. The Morgan fingerprint density at radius 2 is 2.19 bits per heavy atom. The molecule has 0 radical (unpaired) electrons. The van der Waals surface area contributed by atoms with Crippen molar-refractivity contribution in [2.24, 2.45) is 0 Å². The molecule has 1 aliphatic rings. The quantitative estimate of drug-likeness (QED) is 0.813. The minimum absolute atomic E-state index is 0.0433. The molecule has 1 saturated heterocycles. The van der Waals surface area contributed by atoms with Crippen LogP contribution in [0.1, 0.15) is 30.3 Å². The first kappa shape index (κ1) is 19.6. The van der Waals surface area contributed by atoms with Crippen molar-refractivity contribution in [1.29, 1.82) is 0 Å². The van der Waals surface area contributed by atoms with Crippen molar-refractivity contribution in [3.05, 3.63) is 64.4 Å². The molecule has 2 amide bonds. The summed E-state index contributed by atoms with van der Waals surface area (Å²) >= 11 is 5.86. The van der Waals surface area contributed by atoms with Gasteiger partial charge in [-0.2, -0.15) is 0 Å². The van der Waals surface area contributed by atoms with Gasteiger partial charge in [-0.05, 0) is 42.3 Å². The van der Waals surface area contributed by atoms with Crippen LogP contribution in [0.4, 0.5) is 14.9 Å². The number of nitrogens with one attached hydrogen (secondary N) is 1. The number of morpholine rings is 1. The van der Waals surface area contributed by atoms with Gasteiger partial charge in [-0.25, -0.2) is 9.18 Å². The summed E-state index contributed by atoms with van der Waals surface area (Å²) in [6.45, 7) is 3.18. The monoisotopic (exact) mass is 392 g/mol. The molecule has 27 heavy (non-hydrogen) atoms. The molecule has 0 unspecified atom stereocenters. The van der Waals surface area contributed by atoms with Gasteiger partial charge >= 0.3 is 6.03 Å². The van der Waals surface area contributed by atoms with Gasteiger partial charge in [0.25, 0.3) is 0 Å². The smallest absolute Gasteiger partial charge is 0.322 e. The molecule has 2 aromatic rings. The normalized spacial score (nSPS) is 18.2. The van der Waals surface area contributed by atoms with E-state index < -0.39 is 5.82 Å². The fourth-order valence-corrected chi connectivity index (χ4v) is 3.14. The third kappa shape index (κ3) is 4.77. The van der Waals surface area contributed by atoms with Crippen molar-refractivity contribution in [2.75, 3.05) is 32.1 Å². The van der Waals surface area contributed by atoms with Crippen LogP contribution < -0.4 is 5.32 Å². The van der Waals surface area contributed by atoms with Gasteiger partial charge in [0.2, 0.25) is 0 Å². The van der Waals surface area contributed by atoms with E-state index in [9.17, 15) is 9.18 Å². The van der Waals surface area contributed by atoms with Crippen molar-refractivity contribution in [1.82, 2.24) is 4.90 Å². The van der Waals surface area contributed by atoms with Gasteiger partial charge in [-0.15, -0.1) is 0 Å². The molecule has 7 heteroatoms. The molecular weight excluding hydrogens is 371 g/mol. The minimum atomic E-state index is -0.476. The first-order chi connectivity index (χ1) is 13.0. The summed E-state index contributed by atoms with van der Waals surface area (Å²) in [6, 6.07) is 11.8. The number of hydrogen-bond donors (Lipinski definition) is 1. The van der Waals surface area contributed by atoms with Crippen LogP contribution in [0.15, 0.2) is 42.5 Å². The maximum absolute atomic E-state index is 13.4. The molecule has 0 bridgehead atoms. The number of carbonyl (C=O) groups excluding carboxylic acids is 1. The van der Waals surface area contributed by atoms with Crippen LogP contribution in [0.5, 0.6) is 0 Å². The number of amides is 2. The molecule has 0 aromatic heterocycles. The number of carbonyl (C=O) groups is 1. The molecule has 3 rings (SSSR count). The molecule has 1 aliphatic heterocycles. The Balaban J connectivity index is 1.67. The van der Waals surface area contributed by atoms with Crippen LogP contribution in [0.25, 0.3) is 0 Å². The Kier molecular flexibility index (Phi) is 6.31. The van der Waals surface area contributed by atoms with Crippen molar-refractivity contribution >= 4 is 23.3 Å². The Labute approximate surface area is 163 Å². The number of nitrogens with zero attached hydrogens (tertiary/aromatic N) is 1. The number of hydrogen-bond acceptors (Lipinski definition) is 3. The van der Waals surface area contributed by atoms with Crippen molar-refractivity contribution < 1.29 is 18.7 Å². The van der Waals surface area contributed by atoms with Gasteiger partial charge < -0.3 is 19.7 Å². The van der Waals surface area contributed by atoms with Crippen molar-refractivity contribution in [2.45, 2.75) is 19.1 Å². The first-order valence-corrected chi connectivity index (χ1v) is 9.11. The highest BCUT2D eigenvalue weighted by Gasteiger charge is 2.26. The summed E-state index contributed by atoms with van der Waals surface area (Å²) in [6.07, 6.45) is -0.403. The highest BCUT2D eigenvalue weighted by atomic mass is 35.5. The lowest BCUT2D eigenvalue weighted by Gasteiger charge is -2.33. The molecule has 1 N–H and O–H groups in total. The van der Waals surface area contributed by atoms with Crippen LogP contribution in [-0.2, 0) is 9.47 Å². The molecule has 1 heterocycles. The molecule has 0 aliphatic carbocycles. The molecule has 0 spiro atoms. The molecule has 144 valence electrons. The summed E-state index contributed by atoms with van der Waals surface area (Å²) in [5.41, 5.74) is 2.43. The first-order valence-electron chi connectivity index (χ1n) is 8.73. The van der Waals surface area contributed by atoms with Crippen LogP contribution in [-0.4, -0.2) is 37.7 Å². The summed E-state index contributed by atoms with van der Waals surface area (Å²) in [7, 11) is 1.64. The van der Waals surface area contributed by atoms with Crippen LogP contribution >= 0.6 is 11.6 Å². The van der Waals surface area contributed by atoms with E-state index in [0.29, 0.717) is 25.4 Å². The van der Waals surface area contributed by atoms with E-state index in [4.69, 9.17) is 21.1 Å². The lowest BCUT2D eigenvalue weighted by Crippen LogP contribution is -2.44. The van der Waals surface area contributed by atoms with E-state index >= 15 is 0 Å². The number of rotatable bonds is 4. The lowest BCUT2D eigenvalue weighted by molar-refractivity contribution is -0.0135. The maximum atomic E-state index is 13.4. The van der Waals surface area contributed by atoms with Gasteiger partial charge in [0, 0.05) is 19.3 Å². The van der Waals surface area contributed by atoms with Gasteiger partial charge in [-0.1, -0.05) is 29.8 Å². The number of ether oxygens (including phenoxy) is 2. The minimum Gasteiger partial charge on any atom is -0.377 e. The van der Waals surface area contributed by atoms with E-state index in [1.807, 2.05) is 31.2 Å². The Bertz CT molecular complexity index is 818. The summed E-state index contributed by atoms with van der Waals surface area (Å²) in [5, 5.41) is 2.96. The fraction of sp³-hybridized carbons (Fsp3) is 0.350. The molecule has 2 atom stereocenters. The SMILES string of the molecule is CO[C@H](C)c1cccc(NC(=O)N2CCO[C@H](c3ccc(F)c(Cl)c3)C2)c1. The average Bonchev–Trinajstić information content (AvgIpc) is 2.69. The van der Waals surface area contributed by atoms with E-state index in [-0.39, 0.29) is 23.3 Å². The molecule has 1 fully saturated rings. The van der Waals surface area contributed by atoms with E-state index in [0.717, 1.165) is 11.1 Å². The Hall–Kier alpha value is -2.15. The number of methoxy groups -OCH3 is 1. The summed E-state index contributed by atoms with van der Waals surface area (Å²) in [4.78, 5) is 14.3. The zero-order valence-electron chi connectivity index (χ0n) is 15.2. The number of urea groups is 1. The topological polar surface area (TPSA) is 50.8 Å². The van der Waals surface area contributed by atoms with Gasteiger partial charge in [0.1, 0.15) is 11.9 Å². The maximum Gasteiger partial charge on any atom is 0.322 e. The van der Waals surface area contributed by atoms with Crippen LogP contribution in [0.3, 0.4) is 0 Å². The number of halogens is 2. The molecular formula is C20H22ClFN2O3. The standard InChI is InChI=1S/C20H22ClFN2O3/c1-13(26-2)14-4-3-5-16(10-14)23-20(25)24-8-9-27-19(12-24)15-6-7-18(22)17(21)11-15/h3-7,10-11,13,19H,8-9,12H2,1-2H3,(H,23,25)/t13-,19+/m1/s1. The predicted molar refractivity (Wildman–Crippen MR) is 103 cm³/mol. The van der Waals surface area contributed by atoms with Gasteiger partial charge in [-0.3, -0.25) is 0 Å². The van der Waals surface area contributed by atoms with E-state index in [1.54, 1.807) is 24.1 Å². The number of anilines is 1. The highest BCUT2D eigenvalue weighted by Crippen LogP contribution is 2.27.